The number of aromatic amines is 1. The molecule has 0 spiro atoms. The topological polar surface area (TPSA) is 106 Å². The second-order valence-electron chi connectivity index (χ2n) is 6.36. The van der Waals surface area contributed by atoms with E-state index in [1.807, 2.05) is 6.07 Å². The lowest BCUT2D eigenvalue weighted by Crippen LogP contribution is -2.32. The zero-order chi connectivity index (χ0) is 20.5. The Morgan fingerprint density at radius 3 is 2.66 bits per heavy atom. The number of nitrogens with zero attached hydrogens (tertiary/aromatic N) is 2. The third-order valence-electron chi connectivity index (χ3n) is 4.47. The second-order valence-corrected chi connectivity index (χ2v) is 6.80. The number of ether oxygens (including phenoxy) is 2. The fourth-order valence-corrected chi connectivity index (χ4v) is 3.14. The number of benzene rings is 2. The van der Waals surface area contributed by atoms with E-state index in [4.69, 9.17) is 21.1 Å². The van der Waals surface area contributed by atoms with E-state index in [1.165, 1.54) is 0 Å². The molecule has 0 saturated carbocycles. The fraction of sp³-hybridized carbons (Fsp3) is 0.150. The summed E-state index contributed by atoms with van der Waals surface area (Å²) >= 11 is 5.88. The Balaban J connectivity index is 1.71. The first-order valence-corrected chi connectivity index (χ1v) is 9.06. The van der Waals surface area contributed by atoms with Crippen molar-refractivity contribution in [2.45, 2.75) is 13.5 Å². The van der Waals surface area contributed by atoms with Gasteiger partial charge in [-0.2, -0.15) is 0 Å². The minimum atomic E-state index is -0.762. The molecule has 1 aliphatic rings. The van der Waals surface area contributed by atoms with Crippen molar-refractivity contribution in [3.05, 3.63) is 79.5 Å². The molecule has 2 aromatic carbocycles. The quantitative estimate of drug-likeness (QED) is 0.639. The largest absolute Gasteiger partial charge is 0.493 e. The summed E-state index contributed by atoms with van der Waals surface area (Å²) in [7, 11) is 0. The maximum Gasteiger partial charge on any atom is 0.335 e. The molecule has 8 nitrogen and oxygen atoms in total. The molecular weight excluding hydrogens is 398 g/mol. The molecule has 0 fully saturated rings. The standard InChI is InChI=1S/C20H16ClN3O5/c1-11(22-9-12-2-7-15-16(8-12)29-10-28-15)17-18(25)23-20(27)24(19(17)26)14-5-3-13(21)4-6-14/h2-8,26H,9-10H2,1H3,(H,23,25,27). The van der Waals surface area contributed by atoms with Gasteiger partial charge in [0.25, 0.3) is 5.56 Å². The molecule has 1 aliphatic heterocycles. The van der Waals surface area contributed by atoms with Crippen molar-refractivity contribution < 1.29 is 14.6 Å². The van der Waals surface area contributed by atoms with Crippen LogP contribution in [-0.4, -0.2) is 27.2 Å². The van der Waals surface area contributed by atoms with Crippen LogP contribution in [0.1, 0.15) is 18.1 Å². The van der Waals surface area contributed by atoms with Crippen LogP contribution < -0.4 is 20.7 Å². The summed E-state index contributed by atoms with van der Waals surface area (Å²) in [5, 5.41) is 11.1. The number of halogens is 1. The number of aromatic nitrogens is 2. The van der Waals surface area contributed by atoms with Crippen molar-refractivity contribution in [3.8, 4) is 23.1 Å². The lowest BCUT2D eigenvalue weighted by molar-refractivity contribution is 0.174. The van der Waals surface area contributed by atoms with Gasteiger partial charge in [0.2, 0.25) is 12.7 Å². The summed E-state index contributed by atoms with van der Waals surface area (Å²) in [5.74, 6) is 0.805. The van der Waals surface area contributed by atoms with Crippen molar-refractivity contribution >= 4 is 17.3 Å². The maximum atomic E-state index is 12.3. The molecular formula is C20H16ClN3O5. The first kappa shape index (κ1) is 18.8. The van der Waals surface area contributed by atoms with Crippen LogP contribution in [-0.2, 0) is 6.54 Å². The van der Waals surface area contributed by atoms with Gasteiger partial charge in [-0.25, -0.2) is 9.36 Å². The third kappa shape index (κ3) is 3.62. The summed E-state index contributed by atoms with van der Waals surface area (Å²) in [6, 6.07) is 11.7. The van der Waals surface area contributed by atoms with E-state index in [0.29, 0.717) is 22.2 Å². The zero-order valence-electron chi connectivity index (χ0n) is 15.3. The minimum absolute atomic E-state index is 0.0831. The number of hydrogen-bond acceptors (Lipinski definition) is 6. The van der Waals surface area contributed by atoms with Gasteiger partial charge in [0.05, 0.1) is 17.9 Å². The predicted molar refractivity (Wildman–Crippen MR) is 108 cm³/mol. The van der Waals surface area contributed by atoms with Crippen LogP contribution in [0.2, 0.25) is 5.02 Å². The Hall–Kier alpha value is -3.52. The Morgan fingerprint density at radius 2 is 1.90 bits per heavy atom. The van der Waals surface area contributed by atoms with Gasteiger partial charge in [0.15, 0.2) is 11.5 Å². The second kappa shape index (κ2) is 7.48. The van der Waals surface area contributed by atoms with E-state index in [2.05, 4.69) is 9.98 Å². The molecule has 4 rings (SSSR count). The molecule has 0 aliphatic carbocycles. The number of H-pyrrole nitrogens is 1. The van der Waals surface area contributed by atoms with Gasteiger partial charge in [0.1, 0.15) is 5.56 Å². The fourth-order valence-electron chi connectivity index (χ4n) is 3.01. The lowest BCUT2D eigenvalue weighted by Gasteiger charge is -2.11. The molecule has 2 N–H and O–H groups in total. The van der Waals surface area contributed by atoms with Crippen LogP contribution in [0.15, 0.2) is 57.0 Å². The molecule has 1 aromatic heterocycles. The molecule has 0 unspecified atom stereocenters. The van der Waals surface area contributed by atoms with E-state index in [1.54, 1.807) is 43.3 Å². The van der Waals surface area contributed by atoms with Crippen LogP contribution in [0.5, 0.6) is 17.4 Å². The SMILES string of the molecule is CC(=NCc1ccc2c(c1)OCO2)c1c(O)n(-c2ccc(Cl)cc2)c(=O)[nH]c1=O. The summed E-state index contributed by atoms with van der Waals surface area (Å²) in [5.41, 5.74) is -0.0790. The Kier molecular flexibility index (Phi) is 4.85. The van der Waals surface area contributed by atoms with Gasteiger partial charge < -0.3 is 14.6 Å². The molecule has 2 heterocycles. The number of rotatable bonds is 4. The highest BCUT2D eigenvalue weighted by molar-refractivity contribution is 6.30. The molecule has 0 atom stereocenters. The van der Waals surface area contributed by atoms with Gasteiger partial charge >= 0.3 is 5.69 Å². The van der Waals surface area contributed by atoms with Crippen LogP contribution in [0, 0.1) is 0 Å². The Morgan fingerprint density at radius 1 is 1.17 bits per heavy atom. The first-order chi connectivity index (χ1) is 13.9. The Bertz CT molecular complexity index is 1230. The van der Waals surface area contributed by atoms with E-state index in [-0.39, 0.29) is 24.6 Å². The van der Waals surface area contributed by atoms with Crippen molar-refractivity contribution in [2.75, 3.05) is 6.79 Å². The summed E-state index contributed by atoms with van der Waals surface area (Å²) in [4.78, 5) is 31.2. The third-order valence-corrected chi connectivity index (χ3v) is 4.72. The lowest BCUT2D eigenvalue weighted by atomic mass is 10.1. The average Bonchev–Trinajstić information content (AvgIpc) is 3.15. The number of nitrogens with one attached hydrogen (secondary N) is 1. The summed E-state index contributed by atoms with van der Waals surface area (Å²) in [6.45, 7) is 2.02. The molecule has 9 heteroatoms. The predicted octanol–water partition coefficient (Wildman–Crippen LogP) is 2.62. The number of aliphatic imine (C=N–C) groups is 1. The highest BCUT2D eigenvalue weighted by Crippen LogP contribution is 2.32. The Labute approximate surface area is 169 Å². The van der Waals surface area contributed by atoms with E-state index in [0.717, 1.165) is 10.1 Å². The molecule has 0 bridgehead atoms. The van der Waals surface area contributed by atoms with Gasteiger partial charge in [0, 0.05) is 5.02 Å². The van der Waals surface area contributed by atoms with Crippen molar-refractivity contribution in [2.24, 2.45) is 4.99 Å². The molecule has 29 heavy (non-hydrogen) atoms. The summed E-state index contributed by atoms with van der Waals surface area (Å²) < 4.78 is 11.6. The monoisotopic (exact) mass is 413 g/mol. The first-order valence-electron chi connectivity index (χ1n) is 8.68. The van der Waals surface area contributed by atoms with Crippen LogP contribution in [0.3, 0.4) is 0 Å². The average molecular weight is 414 g/mol. The minimum Gasteiger partial charge on any atom is -0.493 e. The molecule has 0 saturated heterocycles. The van der Waals surface area contributed by atoms with Crippen LogP contribution in [0.25, 0.3) is 5.69 Å². The molecule has 3 aromatic rings. The summed E-state index contributed by atoms with van der Waals surface area (Å²) in [6.07, 6.45) is 0. The zero-order valence-corrected chi connectivity index (χ0v) is 16.1. The van der Waals surface area contributed by atoms with Gasteiger partial charge in [-0.3, -0.25) is 14.8 Å². The van der Waals surface area contributed by atoms with Crippen molar-refractivity contribution in [1.82, 2.24) is 9.55 Å². The van der Waals surface area contributed by atoms with Gasteiger partial charge in [-0.15, -0.1) is 0 Å². The molecule has 0 amide bonds. The van der Waals surface area contributed by atoms with Crippen LogP contribution in [0.4, 0.5) is 0 Å². The molecule has 148 valence electrons. The van der Waals surface area contributed by atoms with E-state index >= 15 is 0 Å². The van der Waals surface area contributed by atoms with E-state index < -0.39 is 17.1 Å². The van der Waals surface area contributed by atoms with Gasteiger partial charge in [-0.05, 0) is 48.9 Å². The number of hydrogen-bond donors (Lipinski definition) is 2. The van der Waals surface area contributed by atoms with Crippen LogP contribution >= 0.6 is 11.6 Å². The normalized spacial score (nSPS) is 13.0. The van der Waals surface area contributed by atoms with Crippen molar-refractivity contribution in [3.63, 3.8) is 0 Å². The van der Waals surface area contributed by atoms with E-state index in [9.17, 15) is 14.7 Å². The number of aromatic hydroxyl groups is 1. The highest BCUT2D eigenvalue weighted by atomic mass is 35.5. The van der Waals surface area contributed by atoms with Crippen molar-refractivity contribution in [1.29, 1.82) is 0 Å². The highest BCUT2D eigenvalue weighted by Gasteiger charge is 2.18. The van der Waals surface area contributed by atoms with Gasteiger partial charge in [-0.1, -0.05) is 17.7 Å². The smallest absolute Gasteiger partial charge is 0.335 e. The number of fused-ring (bicyclic) bond motifs is 1. The maximum absolute atomic E-state index is 12.3. The molecule has 0 radical (unpaired) electrons.